The number of carboxylic acid groups (broad SMARTS) is 1. The average molecular weight is 447 g/mol. The minimum Gasteiger partial charge on any atom is -0.497 e. The number of carboxylic acids is 1. The fraction of sp³-hybridized carbons (Fsp3) is 0.200. The van der Waals surface area contributed by atoms with E-state index in [1.807, 2.05) is 36.4 Å². The summed E-state index contributed by atoms with van der Waals surface area (Å²) in [6.45, 7) is 0.211. The lowest BCUT2D eigenvalue weighted by Crippen LogP contribution is -2.46. The minimum absolute atomic E-state index is 0.0411. The number of methoxy groups -OCH3 is 1. The van der Waals surface area contributed by atoms with Gasteiger partial charge in [0, 0.05) is 24.7 Å². The summed E-state index contributed by atoms with van der Waals surface area (Å²) in [6.07, 6.45) is 1.13. The molecule has 8 nitrogen and oxygen atoms in total. The smallest absolute Gasteiger partial charge is 0.303 e. The number of ether oxygens (including phenoxy) is 1. The van der Waals surface area contributed by atoms with Crippen LogP contribution in [0.15, 0.2) is 72.9 Å². The lowest BCUT2D eigenvalue weighted by atomic mass is 10.1. The van der Waals surface area contributed by atoms with Crippen LogP contribution in [-0.4, -0.2) is 41.0 Å². The van der Waals surface area contributed by atoms with E-state index in [1.54, 1.807) is 37.4 Å². The van der Waals surface area contributed by atoms with Crippen LogP contribution in [0.4, 0.5) is 0 Å². The van der Waals surface area contributed by atoms with Gasteiger partial charge in [-0.05, 0) is 36.2 Å². The highest BCUT2D eigenvalue weighted by Gasteiger charge is 2.22. The Balaban J connectivity index is 1.66. The highest BCUT2D eigenvalue weighted by molar-refractivity contribution is 5.97. The number of aliphatic carboxylic acids is 1. The van der Waals surface area contributed by atoms with Gasteiger partial charge in [-0.2, -0.15) is 0 Å². The number of aromatic nitrogens is 1. The number of hydrogen-bond donors (Lipinski definition) is 3. The predicted octanol–water partition coefficient (Wildman–Crippen LogP) is 3.04. The number of rotatable bonds is 10. The fourth-order valence-corrected chi connectivity index (χ4v) is 3.18. The summed E-state index contributed by atoms with van der Waals surface area (Å²) in [5.41, 5.74) is 2.72. The number of amides is 2. The molecule has 0 saturated carbocycles. The monoisotopic (exact) mass is 447 g/mol. The van der Waals surface area contributed by atoms with Crippen LogP contribution in [0.2, 0.25) is 0 Å². The van der Waals surface area contributed by atoms with Gasteiger partial charge in [0.25, 0.3) is 5.91 Å². The van der Waals surface area contributed by atoms with Crippen molar-refractivity contribution in [3.05, 3.63) is 84.1 Å². The molecule has 1 aromatic heterocycles. The molecule has 2 aromatic carbocycles. The second-order valence-corrected chi connectivity index (χ2v) is 7.33. The largest absolute Gasteiger partial charge is 0.497 e. The summed E-state index contributed by atoms with van der Waals surface area (Å²) in [5, 5.41) is 14.4. The molecular formula is C25H25N3O5. The predicted molar refractivity (Wildman–Crippen MR) is 123 cm³/mol. The summed E-state index contributed by atoms with van der Waals surface area (Å²) in [4.78, 5) is 40.8. The van der Waals surface area contributed by atoms with E-state index in [1.165, 1.54) is 6.20 Å². The number of pyridine rings is 1. The van der Waals surface area contributed by atoms with E-state index in [-0.39, 0.29) is 24.9 Å². The first-order valence-electron chi connectivity index (χ1n) is 10.4. The normalized spacial score (nSPS) is 11.3. The number of carbonyl (C=O) groups is 3. The molecule has 0 bridgehead atoms. The van der Waals surface area contributed by atoms with Crippen molar-refractivity contribution in [2.45, 2.75) is 25.4 Å². The molecule has 0 fully saturated rings. The van der Waals surface area contributed by atoms with E-state index in [0.717, 1.165) is 11.1 Å². The summed E-state index contributed by atoms with van der Waals surface area (Å²) in [7, 11) is 1.55. The average Bonchev–Trinajstić information content (AvgIpc) is 2.85. The Morgan fingerprint density at radius 2 is 1.82 bits per heavy atom. The Bertz CT molecular complexity index is 1100. The molecule has 3 N–H and O–H groups in total. The highest BCUT2D eigenvalue weighted by atomic mass is 16.5. The quantitative estimate of drug-likeness (QED) is 0.440. The van der Waals surface area contributed by atoms with Crippen molar-refractivity contribution in [3.63, 3.8) is 0 Å². The molecule has 0 aliphatic heterocycles. The Labute approximate surface area is 191 Å². The molecule has 0 radical (unpaired) electrons. The standard InChI is InChI=1S/C25H25N3O5/c1-33-20-9-5-6-17(14-20)15-27-25(32)22(12-13-23(29)30)28-24(31)19-10-11-21(26-16-19)18-7-3-2-4-8-18/h2-11,14,16,22H,12-13,15H2,1H3,(H,27,32)(H,28,31)(H,29,30)/t22-/m0/s1. The van der Waals surface area contributed by atoms with Gasteiger partial charge in [-0.25, -0.2) is 0 Å². The highest BCUT2D eigenvalue weighted by Crippen LogP contribution is 2.16. The zero-order valence-electron chi connectivity index (χ0n) is 18.2. The Kier molecular flexibility index (Phi) is 8.13. The summed E-state index contributed by atoms with van der Waals surface area (Å²) < 4.78 is 5.17. The van der Waals surface area contributed by atoms with E-state index >= 15 is 0 Å². The number of hydrogen-bond acceptors (Lipinski definition) is 5. The zero-order valence-corrected chi connectivity index (χ0v) is 18.2. The van der Waals surface area contributed by atoms with Crippen LogP contribution in [0.25, 0.3) is 11.3 Å². The van der Waals surface area contributed by atoms with Crippen LogP contribution in [0.1, 0.15) is 28.8 Å². The van der Waals surface area contributed by atoms with E-state index in [2.05, 4.69) is 15.6 Å². The maximum Gasteiger partial charge on any atom is 0.303 e. The molecule has 0 saturated heterocycles. The molecule has 2 amide bonds. The topological polar surface area (TPSA) is 118 Å². The van der Waals surface area contributed by atoms with E-state index < -0.39 is 23.8 Å². The van der Waals surface area contributed by atoms with E-state index in [0.29, 0.717) is 11.4 Å². The Morgan fingerprint density at radius 1 is 1.03 bits per heavy atom. The van der Waals surface area contributed by atoms with Crippen LogP contribution in [-0.2, 0) is 16.1 Å². The molecule has 8 heteroatoms. The first kappa shape index (κ1) is 23.5. The SMILES string of the molecule is COc1cccc(CNC(=O)[C@H](CCC(=O)O)NC(=O)c2ccc(-c3ccccc3)nc2)c1. The number of carbonyl (C=O) groups excluding carboxylic acids is 2. The van der Waals surface area contributed by atoms with Crippen molar-refractivity contribution in [3.8, 4) is 17.0 Å². The van der Waals surface area contributed by atoms with E-state index in [9.17, 15) is 14.4 Å². The van der Waals surface area contributed by atoms with Gasteiger partial charge in [0.1, 0.15) is 11.8 Å². The molecular weight excluding hydrogens is 422 g/mol. The van der Waals surface area contributed by atoms with Crippen molar-refractivity contribution in [2.24, 2.45) is 0 Å². The van der Waals surface area contributed by atoms with Crippen LogP contribution in [0.3, 0.4) is 0 Å². The third-order valence-electron chi connectivity index (χ3n) is 4.96. The molecule has 1 atom stereocenters. The van der Waals surface area contributed by atoms with Crippen molar-refractivity contribution in [1.82, 2.24) is 15.6 Å². The number of nitrogens with one attached hydrogen (secondary N) is 2. The van der Waals surface area contributed by atoms with Gasteiger partial charge in [0.2, 0.25) is 5.91 Å². The van der Waals surface area contributed by atoms with E-state index in [4.69, 9.17) is 9.84 Å². The van der Waals surface area contributed by atoms with Gasteiger partial charge in [-0.3, -0.25) is 19.4 Å². The maximum absolute atomic E-state index is 12.7. The lowest BCUT2D eigenvalue weighted by Gasteiger charge is -2.18. The second-order valence-electron chi connectivity index (χ2n) is 7.33. The van der Waals surface area contributed by atoms with Gasteiger partial charge in [-0.1, -0.05) is 42.5 Å². The maximum atomic E-state index is 12.7. The molecule has 33 heavy (non-hydrogen) atoms. The van der Waals surface area contributed by atoms with Crippen molar-refractivity contribution in [2.75, 3.05) is 7.11 Å². The summed E-state index contributed by atoms with van der Waals surface area (Å²) >= 11 is 0. The summed E-state index contributed by atoms with van der Waals surface area (Å²) in [6, 6.07) is 19.1. The van der Waals surface area contributed by atoms with Crippen LogP contribution < -0.4 is 15.4 Å². The third kappa shape index (κ3) is 6.90. The van der Waals surface area contributed by atoms with Crippen LogP contribution >= 0.6 is 0 Å². The first-order chi connectivity index (χ1) is 16.0. The molecule has 170 valence electrons. The van der Waals surface area contributed by atoms with Crippen LogP contribution in [0, 0.1) is 0 Å². The lowest BCUT2D eigenvalue weighted by molar-refractivity contribution is -0.137. The molecule has 0 aliphatic rings. The molecule has 0 aliphatic carbocycles. The molecule has 0 spiro atoms. The fourth-order valence-electron chi connectivity index (χ4n) is 3.18. The second kappa shape index (κ2) is 11.4. The number of benzene rings is 2. The van der Waals surface area contributed by atoms with Gasteiger partial charge in [0.15, 0.2) is 0 Å². The van der Waals surface area contributed by atoms with Gasteiger partial charge >= 0.3 is 5.97 Å². The van der Waals surface area contributed by atoms with Crippen LogP contribution in [0.5, 0.6) is 5.75 Å². The van der Waals surface area contributed by atoms with Crippen molar-refractivity contribution in [1.29, 1.82) is 0 Å². The Hall–Kier alpha value is -4.20. The zero-order chi connectivity index (χ0) is 23.6. The third-order valence-corrected chi connectivity index (χ3v) is 4.96. The van der Waals surface area contributed by atoms with Gasteiger partial charge in [0.05, 0.1) is 18.4 Å². The van der Waals surface area contributed by atoms with Crippen molar-refractivity contribution >= 4 is 17.8 Å². The molecule has 0 unspecified atom stereocenters. The summed E-state index contributed by atoms with van der Waals surface area (Å²) in [5.74, 6) is -1.37. The van der Waals surface area contributed by atoms with Gasteiger partial charge < -0.3 is 20.5 Å². The number of nitrogens with zero attached hydrogens (tertiary/aromatic N) is 1. The molecule has 3 rings (SSSR count). The van der Waals surface area contributed by atoms with Gasteiger partial charge in [-0.15, -0.1) is 0 Å². The molecule has 1 heterocycles. The Morgan fingerprint density at radius 3 is 2.48 bits per heavy atom. The minimum atomic E-state index is -1.05. The van der Waals surface area contributed by atoms with Crippen molar-refractivity contribution < 1.29 is 24.2 Å². The first-order valence-corrected chi connectivity index (χ1v) is 10.4. The molecule has 3 aromatic rings.